The molecule has 3 aromatic rings. The number of fused-ring (bicyclic) bond motifs is 3. The normalized spacial score (nSPS) is 12.5. The summed E-state index contributed by atoms with van der Waals surface area (Å²) in [5.41, 5.74) is 3.68. The molecule has 0 bridgehead atoms. The van der Waals surface area contributed by atoms with Crippen LogP contribution < -0.4 is 5.32 Å². The molecule has 0 radical (unpaired) electrons. The number of nitrogens with one attached hydrogen (secondary N) is 1. The molecule has 0 aromatic heterocycles. The van der Waals surface area contributed by atoms with E-state index in [2.05, 4.69) is 33.4 Å². The van der Waals surface area contributed by atoms with E-state index in [9.17, 15) is 19.5 Å². The van der Waals surface area contributed by atoms with Crippen LogP contribution in [0.5, 0.6) is 0 Å². The van der Waals surface area contributed by atoms with E-state index in [-0.39, 0.29) is 18.1 Å². The van der Waals surface area contributed by atoms with Gasteiger partial charge in [-0.05, 0) is 70.2 Å². The lowest BCUT2D eigenvalue weighted by Crippen LogP contribution is -2.50. The fraction of sp³-hybridized carbons (Fsp3) is 0.222. The van der Waals surface area contributed by atoms with Crippen molar-refractivity contribution >= 4 is 39.6 Å². The quantitative estimate of drug-likeness (QED) is 0.418. The molecule has 0 fully saturated rings. The minimum Gasteiger partial charge on any atom is -0.480 e. The van der Waals surface area contributed by atoms with E-state index in [1.807, 2.05) is 36.4 Å². The van der Waals surface area contributed by atoms with Crippen LogP contribution in [0.1, 0.15) is 41.3 Å². The van der Waals surface area contributed by atoms with Gasteiger partial charge < -0.3 is 14.7 Å². The van der Waals surface area contributed by atoms with Crippen LogP contribution in [-0.2, 0) is 9.53 Å². The molecule has 180 valence electrons. The van der Waals surface area contributed by atoms with Gasteiger partial charge in [0.15, 0.2) is 0 Å². The lowest BCUT2D eigenvalue weighted by atomic mass is 9.98. The Balaban J connectivity index is 1.48. The van der Waals surface area contributed by atoms with Crippen LogP contribution in [-0.4, -0.2) is 47.2 Å². The highest BCUT2D eigenvalue weighted by molar-refractivity contribution is 9.10. The Morgan fingerprint density at radius 3 is 2.14 bits per heavy atom. The first-order valence-electron chi connectivity index (χ1n) is 11.0. The van der Waals surface area contributed by atoms with Crippen LogP contribution in [0, 0.1) is 0 Å². The summed E-state index contributed by atoms with van der Waals surface area (Å²) in [6, 6.07) is 20.8. The Labute approximate surface area is 211 Å². The number of benzene rings is 3. The standard InChI is InChI=1S/C27H25BrN2O5/c1-27(2,25(32)33)30(3)24(31)16-12-13-22(28)23(14-16)29-26(34)35-15-21-19-10-6-4-8-17(19)18-9-5-7-11-20(18)21/h4-14,21H,15H2,1-3H3,(H,29,34)(H,32,33). The van der Waals surface area contributed by atoms with Crippen LogP contribution in [0.2, 0.25) is 0 Å². The maximum atomic E-state index is 12.9. The topological polar surface area (TPSA) is 95.9 Å². The van der Waals surface area contributed by atoms with Crippen molar-refractivity contribution in [1.29, 1.82) is 0 Å². The smallest absolute Gasteiger partial charge is 0.411 e. The number of rotatable bonds is 6. The first-order chi connectivity index (χ1) is 16.6. The van der Waals surface area contributed by atoms with Gasteiger partial charge in [0.05, 0.1) is 5.69 Å². The van der Waals surface area contributed by atoms with E-state index in [0.29, 0.717) is 10.2 Å². The van der Waals surface area contributed by atoms with Gasteiger partial charge in [-0.15, -0.1) is 0 Å². The number of aliphatic carboxylic acids is 1. The first kappa shape index (κ1) is 24.5. The molecule has 2 amide bonds. The average molecular weight is 537 g/mol. The van der Waals surface area contributed by atoms with Crippen molar-refractivity contribution in [2.75, 3.05) is 19.0 Å². The summed E-state index contributed by atoms with van der Waals surface area (Å²) < 4.78 is 6.15. The number of halogens is 1. The molecule has 3 aromatic carbocycles. The van der Waals surface area contributed by atoms with Crippen molar-refractivity contribution in [3.05, 3.63) is 87.9 Å². The monoisotopic (exact) mass is 536 g/mol. The number of carbonyl (C=O) groups is 3. The third-order valence-corrected chi connectivity index (χ3v) is 7.15. The molecule has 0 saturated heterocycles. The summed E-state index contributed by atoms with van der Waals surface area (Å²) >= 11 is 3.38. The van der Waals surface area contributed by atoms with E-state index in [1.165, 1.54) is 27.0 Å². The predicted octanol–water partition coefficient (Wildman–Crippen LogP) is 5.75. The summed E-state index contributed by atoms with van der Waals surface area (Å²) in [4.78, 5) is 38.2. The van der Waals surface area contributed by atoms with Crippen LogP contribution in [0.15, 0.2) is 71.2 Å². The Bertz CT molecular complexity index is 1270. The van der Waals surface area contributed by atoms with Crippen molar-refractivity contribution in [1.82, 2.24) is 4.90 Å². The second-order valence-corrected chi connectivity index (χ2v) is 9.73. The molecule has 4 rings (SSSR count). The number of likely N-dealkylation sites (N-methyl/N-ethyl adjacent to an activating group) is 1. The number of anilines is 1. The van der Waals surface area contributed by atoms with Gasteiger partial charge in [-0.1, -0.05) is 48.5 Å². The van der Waals surface area contributed by atoms with Crippen molar-refractivity contribution in [2.24, 2.45) is 0 Å². The Kier molecular flexibility index (Phi) is 6.67. The maximum Gasteiger partial charge on any atom is 0.411 e. The third kappa shape index (κ3) is 4.66. The molecular formula is C27H25BrN2O5. The first-order valence-corrected chi connectivity index (χ1v) is 11.8. The van der Waals surface area contributed by atoms with Gasteiger partial charge >= 0.3 is 12.1 Å². The number of amides is 2. The summed E-state index contributed by atoms with van der Waals surface area (Å²) in [5, 5.41) is 12.1. The zero-order valence-electron chi connectivity index (χ0n) is 19.5. The van der Waals surface area contributed by atoms with E-state index in [0.717, 1.165) is 27.2 Å². The Morgan fingerprint density at radius 1 is 1.00 bits per heavy atom. The Hall–Kier alpha value is -3.65. The molecule has 8 heteroatoms. The van der Waals surface area contributed by atoms with Crippen LogP contribution in [0.3, 0.4) is 0 Å². The van der Waals surface area contributed by atoms with Gasteiger partial charge in [0, 0.05) is 23.0 Å². The Morgan fingerprint density at radius 2 is 1.57 bits per heavy atom. The molecule has 2 N–H and O–H groups in total. The number of hydrogen-bond acceptors (Lipinski definition) is 4. The highest BCUT2D eigenvalue weighted by Gasteiger charge is 2.36. The highest BCUT2D eigenvalue weighted by atomic mass is 79.9. The molecular weight excluding hydrogens is 512 g/mol. The number of carboxylic acids is 1. The van der Waals surface area contributed by atoms with E-state index in [4.69, 9.17) is 4.74 Å². The van der Waals surface area contributed by atoms with Gasteiger partial charge in [0.1, 0.15) is 12.1 Å². The molecule has 1 aliphatic rings. The predicted molar refractivity (Wildman–Crippen MR) is 137 cm³/mol. The molecule has 1 aliphatic carbocycles. The number of ether oxygens (including phenoxy) is 1. The zero-order chi connectivity index (χ0) is 25.3. The van der Waals surface area contributed by atoms with Crippen molar-refractivity contribution in [3.8, 4) is 11.1 Å². The summed E-state index contributed by atoms with van der Waals surface area (Å²) in [6.07, 6.45) is -0.656. The lowest BCUT2D eigenvalue weighted by Gasteiger charge is -2.31. The van der Waals surface area contributed by atoms with Gasteiger partial charge in [-0.2, -0.15) is 0 Å². The molecule has 0 spiro atoms. The van der Waals surface area contributed by atoms with Crippen molar-refractivity contribution in [2.45, 2.75) is 25.3 Å². The number of hydrogen-bond donors (Lipinski definition) is 2. The second kappa shape index (κ2) is 9.54. The molecule has 0 unspecified atom stereocenters. The van der Waals surface area contributed by atoms with E-state index in [1.54, 1.807) is 12.1 Å². The largest absolute Gasteiger partial charge is 0.480 e. The van der Waals surface area contributed by atoms with E-state index >= 15 is 0 Å². The lowest BCUT2D eigenvalue weighted by molar-refractivity contribution is -0.147. The van der Waals surface area contributed by atoms with Gasteiger partial charge in [0.2, 0.25) is 0 Å². The summed E-state index contributed by atoms with van der Waals surface area (Å²) in [5.74, 6) is -1.68. The summed E-state index contributed by atoms with van der Waals surface area (Å²) in [7, 11) is 1.43. The molecule has 0 heterocycles. The number of carboxylic acid groups (broad SMARTS) is 1. The molecule has 7 nitrogen and oxygen atoms in total. The van der Waals surface area contributed by atoms with E-state index < -0.39 is 23.5 Å². The highest BCUT2D eigenvalue weighted by Crippen LogP contribution is 2.44. The second-order valence-electron chi connectivity index (χ2n) is 8.87. The van der Waals surface area contributed by atoms with Crippen LogP contribution >= 0.6 is 15.9 Å². The van der Waals surface area contributed by atoms with Gasteiger partial charge in [-0.25, -0.2) is 9.59 Å². The van der Waals surface area contributed by atoms with Crippen LogP contribution in [0.4, 0.5) is 10.5 Å². The van der Waals surface area contributed by atoms with Crippen LogP contribution in [0.25, 0.3) is 11.1 Å². The SMILES string of the molecule is CN(C(=O)c1ccc(Br)c(NC(=O)OCC2c3ccccc3-c3ccccc32)c1)C(C)(C)C(=O)O. The van der Waals surface area contributed by atoms with Gasteiger partial charge in [0.25, 0.3) is 5.91 Å². The molecule has 0 aliphatic heterocycles. The van der Waals surface area contributed by atoms with Gasteiger partial charge in [-0.3, -0.25) is 10.1 Å². The molecule has 0 saturated carbocycles. The average Bonchev–Trinajstić information content (AvgIpc) is 3.16. The minimum atomic E-state index is -1.40. The summed E-state index contributed by atoms with van der Waals surface area (Å²) in [6.45, 7) is 3.05. The molecule has 35 heavy (non-hydrogen) atoms. The fourth-order valence-electron chi connectivity index (χ4n) is 4.09. The van der Waals surface area contributed by atoms with Crippen molar-refractivity contribution < 1.29 is 24.2 Å². The maximum absolute atomic E-state index is 12.9. The number of nitrogens with zero attached hydrogens (tertiary/aromatic N) is 1. The van der Waals surface area contributed by atoms with Crippen molar-refractivity contribution in [3.63, 3.8) is 0 Å². The minimum absolute atomic E-state index is 0.0728. The fourth-order valence-corrected chi connectivity index (χ4v) is 4.44. The zero-order valence-corrected chi connectivity index (χ0v) is 21.1. The third-order valence-electron chi connectivity index (χ3n) is 6.46. The number of carbonyl (C=O) groups excluding carboxylic acids is 2. The molecule has 0 atom stereocenters.